The smallest absolute Gasteiger partial charge is 0.338 e. The van der Waals surface area contributed by atoms with Gasteiger partial charge in [-0.05, 0) is 29.7 Å². The molecular weight excluding hydrogens is 435 g/mol. The Morgan fingerprint density at radius 1 is 0.941 bits per heavy atom. The number of esters is 1. The molecule has 7 heteroatoms. The highest BCUT2D eigenvalue weighted by molar-refractivity contribution is 5.89. The lowest BCUT2D eigenvalue weighted by atomic mass is 10.1. The second-order valence-electron chi connectivity index (χ2n) is 8.19. The van der Waals surface area contributed by atoms with Gasteiger partial charge in [-0.25, -0.2) is 9.18 Å². The number of hydrogen-bond acceptors (Lipinski definition) is 5. The van der Waals surface area contributed by atoms with Crippen molar-refractivity contribution in [2.75, 3.05) is 6.54 Å². The molecule has 34 heavy (non-hydrogen) atoms. The van der Waals surface area contributed by atoms with Crippen LogP contribution in [-0.2, 0) is 17.8 Å². The van der Waals surface area contributed by atoms with Crippen molar-refractivity contribution in [3.8, 4) is 0 Å². The molecule has 0 unspecified atom stereocenters. The number of rotatable bonds is 12. The van der Waals surface area contributed by atoms with E-state index in [9.17, 15) is 14.9 Å². The topological polar surface area (TPSA) is 72.7 Å². The summed E-state index contributed by atoms with van der Waals surface area (Å²) in [7, 11) is 0. The molecule has 0 saturated heterocycles. The molecule has 0 radical (unpaired) electrons. The third-order valence-corrected chi connectivity index (χ3v) is 5.48. The van der Waals surface area contributed by atoms with Crippen LogP contribution in [0.25, 0.3) is 0 Å². The number of hydrogen-bond donors (Lipinski definition) is 0. The van der Waals surface area contributed by atoms with E-state index in [0.717, 1.165) is 11.1 Å². The predicted octanol–water partition coefficient (Wildman–Crippen LogP) is 5.96. The fourth-order valence-electron chi connectivity index (χ4n) is 3.73. The average molecular weight is 465 g/mol. The van der Waals surface area contributed by atoms with Crippen molar-refractivity contribution in [2.24, 2.45) is 0 Å². The van der Waals surface area contributed by atoms with Crippen LogP contribution in [0, 0.1) is 10.1 Å². The van der Waals surface area contributed by atoms with Crippen molar-refractivity contribution in [3.05, 3.63) is 112 Å². The molecule has 0 bridgehead atoms. The Balaban J connectivity index is 1.79. The van der Waals surface area contributed by atoms with E-state index in [1.165, 1.54) is 24.3 Å². The fraction of sp³-hybridized carbons (Fsp3) is 0.296. The molecule has 0 amide bonds. The van der Waals surface area contributed by atoms with Crippen LogP contribution in [-0.4, -0.2) is 34.6 Å². The molecule has 178 valence electrons. The number of halogens is 1. The van der Waals surface area contributed by atoms with Crippen LogP contribution < -0.4 is 0 Å². The van der Waals surface area contributed by atoms with E-state index in [0.29, 0.717) is 19.5 Å². The molecule has 0 aromatic heterocycles. The van der Waals surface area contributed by atoms with Crippen LogP contribution in [0.15, 0.2) is 84.9 Å². The molecule has 3 aromatic carbocycles. The van der Waals surface area contributed by atoms with Gasteiger partial charge in [0.2, 0.25) is 0 Å². The summed E-state index contributed by atoms with van der Waals surface area (Å²) < 4.78 is 20.8. The first kappa shape index (κ1) is 25.1. The maximum Gasteiger partial charge on any atom is 0.338 e. The molecule has 6 nitrogen and oxygen atoms in total. The van der Waals surface area contributed by atoms with Crippen LogP contribution in [0.3, 0.4) is 0 Å². The Morgan fingerprint density at radius 2 is 1.47 bits per heavy atom. The van der Waals surface area contributed by atoms with Gasteiger partial charge in [0.15, 0.2) is 0 Å². The lowest BCUT2D eigenvalue weighted by Gasteiger charge is -2.29. The highest BCUT2D eigenvalue weighted by Crippen LogP contribution is 2.19. The number of ether oxygens (including phenoxy) is 1. The third kappa shape index (κ3) is 7.49. The summed E-state index contributed by atoms with van der Waals surface area (Å²) in [5.74, 6) is -0.696. The number of nitrogens with zero attached hydrogens (tertiary/aromatic N) is 2. The van der Waals surface area contributed by atoms with Gasteiger partial charge in [-0.15, -0.1) is 0 Å². The van der Waals surface area contributed by atoms with Crippen LogP contribution in [0.1, 0.15) is 41.3 Å². The quantitative estimate of drug-likeness (QED) is 0.188. The highest BCUT2D eigenvalue weighted by Gasteiger charge is 2.28. The van der Waals surface area contributed by atoms with Crippen molar-refractivity contribution in [2.45, 2.75) is 45.1 Å². The number of nitro benzene ring substituents is 1. The molecule has 2 atom stereocenters. The van der Waals surface area contributed by atoms with Gasteiger partial charge in [0.1, 0.15) is 12.3 Å². The van der Waals surface area contributed by atoms with Crippen molar-refractivity contribution in [3.63, 3.8) is 0 Å². The summed E-state index contributed by atoms with van der Waals surface area (Å²) in [6, 6.07) is 24.9. The highest BCUT2D eigenvalue weighted by atomic mass is 19.1. The van der Waals surface area contributed by atoms with Gasteiger partial charge < -0.3 is 4.74 Å². The molecule has 0 saturated carbocycles. The minimum Gasteiger partial charge on any atom is -0.454 e. The summed E-state index contributed by atoms with van der Waals surface area (Å²) in [5, 5.41) is 10.9. The van der Waals surface area contributed by atoms with Crippen LogP contribution in [0.4, 0.5) is 10.1 Å². The second kappa shape index (κ2) is 12.6. The maximum atomic E-state index is 15.2. The zero-order valence-corrected chi connectivity index (χ0v) is 19.2. The number of nitro groups is 1. The minimum atomic E-state index is -1.33. The first-order valence-corrected chi connectivity index (χ1v) is 11.4. The van der Waals surface area contributed by atoms with E-state index >= 15 is 4.39 Å². The summed E-state index contributed by atoms with van der Waals surface area (Å²) in [5.41, 5.74) is 2.17. The Morgan fingerprint density at radius 3 is 1.94 bits per heavy atom. The van der Waals surface area contributed by atoms with Gasteiger partial charge in [0.25, 0.3) is 5.69 Å². The lowest BCUT2D eigenvalue weighted by Crippen LogP contribution is -2.40. The van der Waals surface area contributed by atoms with Gasteiger partial charge >= 0.3 is 5.97 Å². The fourth-order valence-corrected chi connectivity index (χ4v) is 3.73. The zero-order chi connectivity index (χ0) is 24.3. The summed E-state index contributed by atoms with van der Waals surface area (Å²) in [4.78, 5) is 25.2. The molecule has 0 aliphatic rings. The molecule has 0 fully saturated rings. The molecule has 0 aliphatic carbocycles. The Labute approximate surface area is 199 Å². The lowest BCUT2D eigenvalue weighted by molar-refractivity contribution is -0.384. The molecule has 0 spiro atoms. The average Bonchev–Trinajstić information content (AvgIpc) is 2.85. The van der Waals surface area contributed by atoms with E-state index in [4.69, 9.17) is 4.74 Å². The van der Waals surface area contributed by atoms with E-state index < -0.39 is 23.2 Å². The van der Waals surface area contributed by atoms with E-state index in [-0.39, 0.29) is 24.2 Å². The van der Waals surface area contributed by atoms with Crippen LogP contribution in [0.5, 0.6) is 0 Å². The summed E-state index contributed by atoms with van der Waals surface area (Å²) in [6.45, 7) is 3.23. The van der Waals surface area contributed by atoms with Crippen molar-refractivity contribution >= 4 is 11.7 Å². The zero-order valence-electron chi connectivity index (χ0n) is 19.2. The van der Waals surface area contributed by atoms with Crippen molar-refractivity contribution in [1.82, 2.24) is 4.90 Å². The standard InChI is InChI=1S/C27H29FN2O4/c1-2-9-25(28)26(34-27(31)23-14-16-24(17-15-23)30(32)33)20-29(18-21-10-5-3-6-11-21)19-22-12-7-4-8-13-22/h3-8,10-17,25-26H,2,9,18-20H2,1H3/t25-,26-/m1/s1. The van der Waals surface area contributed by atoms with Crippen LogP contribution in [0.2, 0.25) is 0 Å². The molecule has 0 N–H and O–H groups in total. The van der Waals surface area contributed by atoms with Crippen molar-refractivity contribution in [1.29, 1.82) is 0 Å². The van der Waals surface area contributed by atoms with Gasteiger partial charge in [0, 0.05) is 31.8 Å². The molecule has 3 aromatic rings. The molecule has 0 heterocycles. The Bertz CT molecular complexity index is 1000. The number of alkyl halides is 1. The number of carbonyl (C=O) groups is 1. The first-order valence-electron chi connectivity index (χ1n) is 11.4. The Hall–Kier alpha value is -3.58. The maximum absolute atomic E-state index is 15.2. The Kier molecular flexibility index (Phi) is 9.29. The molecular formula is C27H29FN2O4. The first-order chi connectivity index (χ1) is 16.5. The number of non-ortho nitro benzene ring substituents is 1. The number of benzene rings is 3. The normalized spacial score (nSPS) is 12.8. The summed E-state index contributed by atoms with van der Waals surface area (Å²) >= 11 is 0. The van der Waals surface area contributed by atoms with Gasteiger partial charge in [-0.3, -0.25) is 15.0 Å². The van der Waals surface area contributed by atoms with E-state index in [2.05, 4.69) is 4.90 Å². The van der Waals surface area contributed by atoms with Crippen LogP contribution >= 0.6 is 0 Å². The monoisotopic (exact) mass is 464 g/mol. The third-order valence-electron chi connectivity index (χ3n) is 5.48. The van der Waals surface area contributed by atoms with E-state index in [1.807, 2.05) is 67.6 Å². The second-order valence-corrected chi connectivity index (χ2v) is 8.19. The van der Waals surface area contributed by atoms with Gasteiger partial charge in [-0.1, -0.05) is 74.0 Å². The molecule has 3 rings (SSSR count). The SMILES string of the molecule is CCC[C@@H](F)[C@@H](CN(Cc1ccccc1)Cc1ccccc1)OC(=O)c1ccc([N+](=O)[O-])cc1. The predicted molar refractivity (Wildman–Crippen MR) is 129 cm³/mol. The van der Waals surface area contributed by atoms with Gasteiger partial charge in [-0.2, -0.15) is 0 Å². The van der Waals surface area contributed by atoms with Gasteiger partial charge in [0.05, 0.1) is 10.5 Å². The molecule has 0 aliphatic heterocycles. The van der Waals surface area contributed by atoms with E-state index in [1.54, 1.807) is 0 Å². The summed E-state index contributed by atoms with van der Waals surface area (Å²) in [6.07, 6.45) is -1.43. The minimum absolute atomic E-state index is 0.126. The number of carbonyl (C=O) groups excluding carboxylic acids is 1. The van der Waals surface area contributed by atoms with Crippen molar-refractivity contribution < 1.29 is 18.8 Å². The largest absolute Gasteiger partial charge is 0.454 e.